The fourth-order valence-electron chi connectivity index (χ4n) is 6.55. The zero-order valence-electron chi connectivity index (χ0n) is 32.6. The highest BCUT2D eigenvalue weighted by Gasteiger charge is 2.33. The second-order valence-electron chi connectivity index (χ2n) is 13.2. The van der Waals surface area contributed by atoms with E-state index in [0.717, 1.165) is 51.9 Å². The highest BCUT2D eigenvalue weighted by atomic mass is 16.5. The highest BCUT2D eigenvalue weighted by molar-refractivity contribution is 5.79. The summed E-state index contributed by atoms with van der Waals surface area (Å²) in [4.78, 5) is 55.4. The molecule has 4 amide bonds. The first-order chi connectivity index (χ1) is 25.1. The van der Waals surface area contributed by atoms with Gasteiger partial charge in [0, 0.05) is 52.4 Å². The van der Waals surface area contributed by atoms with Crippen molar-refractivity contribution in [1.82, 2.24) is 19.6 Å². The molecule has 2 fully saturated rings. The normalized spacial score (nSPS) is 19.0. The van der Waals surface area contributed by atoms with Gasteiger partial charge in [-0.2, -0.15) is 0 Å². The maximum absolute atomic E-state index is 12.3. The molecule has 4 atom stereocenters. The van der Waals surface area contributed by atoms with E-state index >= 15 is 0 Å². The average Bonchev–Trinajstić information content (AvgIpc) is 3.78. The van der Waals surface area contributed by atoms with Crippen molar-refractivity contribution >= 4 is 23.6 Å². The minimum absolute atomic E-state index is 0. The third-order valence-corrected chi connectivity index (χ3v) is 9.71. The van der Waals surface area contributed by atoms with Crippen LogP contribution in [-0.2, 0) is 38.1 Å². The van der Waals surface area contributed by atoms with Crippen molar-refractivity contribution in [1.29, 1.82) is 0 Å². The lowest BCUT2D eigenvalue weighted by Gasteiger charge is -2.20. The summed E-state index contributed by atoms with van der Waals surface area (Å²) in [5.74, 6) is 2.32. The zero-order valence-corrected chi connectivity index (χ0v) is 32.6. The molecule has 2 heterocycles. The lowest BCUT2D eigenvalue weighted by atomic mass is 9.92. The topological polar surface area (TPSA) is 118 Å². The Hall–Kier alpha value is -3.32. The van der Waals surface area contributed by atoms with E-state index in [1.54, 1.807) is 34.1 Å². The number of likely N-dealkylation sites (tertiary alicyclic amines) is 2. The molecule has 12 heteroatoms. The van der Waals surface area contributed by atoms with Gasteiger partial charge >= 0.3 is 0 Å². The van der Waals surface area contributed by atoms with Gasteiger partial charge in [-0.05, 0) is 23.7 Å². The first-order valence-corrected chi connectivity index (χ1v) is 19.0. The Bertz CT molecular complexity index is 974. The number of hydrogen-bond acceptors (Lipinski definition) is 8. The summed E-state index contributed by atoms with van der Waals surface area (Å²) >= 11 is 0. The predicted octanol–water partition coefficient (Wildman–Crippen LogP) is 4.87. The van der Waals surface area contributed by atoms with Gasteiger partial charge < -0.3 is 38.5 Å². The number of ether oxygens (including phenoxy) is 4. The van der Waals surface area contributed by atoms with Crippen molar-refractivity contribution in [3.05, 3.63) is 50.6 Å². The monoisotopic (exact) mass is 749 g/mol. The zero-order chi connectivity index (χ0) is 38.7. The van der Waals surface area contributed by atoms with Crippen LogP contribution in [0.4, 0.5) is 0 Å². The minimum Gasteiger partial charge on any atom is -0.369 e. The van der Waals surface area contributed by atoms with Crippen LogP contribution in [0.25, 0.3) is 0 Å². The fraction of sp³-hybridized carbons (Fsp3) is 0.707. The van der Waals surface area contributed by atoms with Crippen molar-refractivity contribution in [2.75, 3.05) is 105 Å². The van der Waals surface area contributed by atoms with E-state index in [0.29, 0.717) is 63.1 Å². The second-order valence-corrected chi connectivity index (χ2v) is 13.2. The van der Waals surface area contributed by atoms with Crippen LogP contribution in [0.1, 0.15) is 60.8 Å². The molecule has 2 rings (SSSR count). The molecular formula is C41H72N4O8. The van der Waals surface area contributed by atoms with Gasteiger partial charge in [-0.25, -0.2) is 0 Å². The molecule has 0 N–H and O–H groups in total. The van der Waals surface area contributed by atoms with Gasteiger partial charge in [0.05, 0.1) is 26.4 Å². The Morgan fingerprint density at radius 1 is 0.509 bits per heavy atom. The summed E-state index contributed by atoms with van der Waals surface area (Å²) in [6.45, 7) is 29.7. The molecule has 0 saturated carbocycles. The molecular weight excluding hydrogens is 676 g/mol. The largest absolute Gasteiger partial charge is 0.369 e. The van der Waals surface area contributed by atoms with Crippen LogP contribution >= 0.6 is 0 Å². The second kappa shape index (κ2) is 30.1. The summed E-state index contributed by atoms with van der Waals surface area (Å²) in [5.41, 5.74) is 0. The molecule has 0 aromatic rings. The number of nitrogens with zero attached hydrogens (tertiary/aromatic N) is 4. The lowest BCUT2D eigenvalue weighted by Crippen LogP contribution is -2.35. The van der Waals surface area contributed by atoms with Crippen LogP contribution in [0, 0.1) is 23.7 Å². The van der Waals surface area contributed by atoms with Gasteiger partial charge in [-0.3, -0.25) is 19.2 Å². The van der Waals surface area contributed by atoms with Crippen molar-refractivity contribution in [2.45, 2.75) is 60.8 Å². The van der Waals surface area contributed by atoms with Gasteiger partial charge in [0.2, 0.25) is 23.6 Å². The van der Waals surface area contributed by atoms with Crippen LogP contribution in [0.15, 0.2) is 50.6 Å². The van der Waals surface area contributed by atoms with E-state index in [1.165, 1.54) is 0 Å². The standard InChI is InChI=1S/C22H40N2O4.C18H28N2O4.CH4/c1-5-17-11-23(12-18(17)6-2)21(25)15-27-9-10-28-16-22(26)24-13-19(7-3)20(8-4)14-24;1-5-9-19(10-6-2)17(21)15-23-13-14-24-16-18(22)20(11-7-3)12-8-4;/h17-20H,5-16H2,1-4H3;5-8H,1-4,9-16H2;1H4. The van der Waals surface area contributed by atoms with Gasteiger partial charge in [0.15, 0.2) is 0 Å². The summed E-state index contributed by atoms with van der Waals surface area (Å²) in [5, 5.41) is 0. The molecule has 0 spiro atoms. The smallest absolute Gasteiger partial charge is 0.249 e. The van der Waals surface area contributed by atoms with Gasteiger partial charge in [0.25, 0.3) is 0 Å². The molecule has 304 valence electrons. The van der Waals surface area contributed by atoms with Crippen LogP contribution < -0.4 is 0 Å². The molecule has 12 nitrogen and oxygen atoms in total. The predicted molar refractivity (Wildman–Crippen MR) is 212 cm³/mol. The van der Waals surface area contributed by atoms with Crippen LogP contribution in [-0.4, -0.2) is 148 Å². The molecule has 53 heavy (non-hydrogen) atoms. The molecule has 2 saturated heterocycles. The number of carbonyl (C=O) groups excluding carboxylic acids is 4. The molecule has 0 bridgehead atoms. The Morgan fingerprint density at radius 3 is 0.981 bits per heavy atom. The third-order valence-electron chi connectivity index (χ3n) is 9.71. The molecule has 0 radical (unpaired) electrons. The van der Waals surface area contributed by atoms with E-state index < -0.39 is 0 Å². The summed E-state index contributed by atoms with van der Waals surface area (Å²) in [6.07, 6.45) is 11.1. The molecule has 2 aliphatic heterocycles. The fourth-order valence-corrected chi connectivity index (χ4v) is 6.55. The van der Waals surface area contributed by atoms with E-state index in [-0.39, 0.29) is 70.7 Å². The van der Waals surface area contributed by atoms with Crippen molar-refractivity contribution < 1.29 is 38.1 Å². The van der Waals surface area contributed by atoms with Crippen molar-refractivity contribution in [2.24, 2.45) is 23.7 Å². The number of rotatable bonds is 26. The molecule has 0 aliphatic carbocycles. The quantitative estimate of drug-likeness (QED) is 0.0910. The molecule has 0 aromatic heterocycles. The Labute approximate surface area is 321 Å². The molecule has 4 unspecified atom stereocenters. The Morgan fingerprint density at radius 2 is 0.755 bits per heavy atom. The van der Waals surface area contributed by atoms with Gasteiger partial charge in [0.1, 0.15) is 26.4 Å². The average molecular weight is 749 g/mol. The maximum atomic E-state index is 12.3. The highest BCUT2D eigenvalue weighted by Crippen LogP contribution is 2.29. The summed E-state index contributed by atoms with van der Waals surface area (Å²) in [7, 11) is 0. The maximum Gasteiger partial charge on any atom is 0.249 e. The first-order valence-electron chi connectivity index (χ1n) is 19.0. The third kappa shape index (κ3) is 19.0. The SMILES string of the molecule is C.C=CCN(CC=C)C(=O)COCCOCC(=O)N(CC=C)CC=C.CCC1CN(C(=O)COCCOCC(=O)N2CC(CC)C(CC)C2)CC1CC. The van der Waals surface area contributed by atoms with E-state index in [4.69, 9.17) is 18.9 Å². The minimum atomic E-state index is -0.144. The van der Waals surface area contributed by atoms with E-state index in [9.17, 15) is 19.2 Å². The lowest BCUT2D eigenvalue weighted by molar-refractivity contribution is -0.138. The van der Waals surface area contributed by atoms with E-state index in [2.05, 4.69) is 54.0 Å². The van der Waals surface area contributed by atoms with Crippen LogP contribution in [0.2, 0.25) is 0 Å². The summed E-state index contributed by atoms with van der Waals surface area (Å²) < 4.78 is 21.5. The van der Waals surface area contributed by atoms with Crippen molar-refractivity contribution in [3.8, 4) is 0 Å². The van der Waals surface area contributed by atoms with E-state index in [1.807, 2.05) is 9.80 Å². The van der Waals surface area contributed by atoms with Crippen LogP contribution in [0.5, 0.6) is 0 Å². The Kier molecular flexibility index (Phi) is 28.2. The summed E-state index contributed by atoms with van der Waals surface area (Å²) in [6, 6.07) is 0. The number of carbonyl (C=O) groups is 4. The number of amides is 4. The van der Waals surface area contributed by atoms with Crippen LogP contribution in [0.3, 0.4) is 0 Å². The van der Waals surface area contributed by atoms with Gasteiger partial charge in [-0.15, -0.1) is 26.3 Å². The Balaban J connectivity index is 0.00000102. The number of hydrogen-bond donors (Lipinski definition) is 0. The molecule has 0 aromatic carbocycles. The molecule has 2 aliphatic rings. The van der Waals surface area contributed by atoms with Crippen molar-refractivity contribution in [3.63, 3.8) is 0 Å². The first kappa shape index (κ1) is 49.7. The van der Waals surface area contributed by atoms with Gasteiger partial charge in [-0.1, -0.05) is 85.1 Å².